The molecular formula is C14H15FN2O2. The van der Waals surface area contributed by atoms with Gasteiger partial charge in [-0.1, -0.05) is 0 Å². The molecule has 1 aliphatic rings. The summed E-state index contributed by atoms with van der Waals surface area (Å²) in [6.07, 6.45) is 4.68. The zero-order chi connectivity index (χ0) is 13.2. The third kappa shape index (κ3) is 2.33. The van der Waals surface area contributed by atoms with E-state index < -0.39 is 5.82 Å². The summed E-state index contributed by atoms with van der Waals surface area (Å²) in [6.45, 7) is 0.730. The molecule has 4 nitrogen and oxygen atoms in total. The average molecular weight is 262 g/mol. The van der Waals surface area contributed by atoms with Gasteiger partial charge in [-0.15, -0.1) is 0 Å². The highest BCUT2D eigenvalue weighted by Gasteiger charge is 2.19. The maximum Gasteiger partial charge on any atom is 0.165 e. The molecule has 0 saturated carbocycles. The topological polar surface area (TPSA) is 47.3 Å². The third-order valence-corrected chi connectivity index (χ3v) is 3.34. The van der Waals surface area contributed by atoms with Crippen molar-refractivity contribution < 1.29 is 14.2 Å². The largest absolute Gasteiger partial charge is 0.505 e. The van der Waals surface area contributed by atoms with Crippen LogP contribution >= 0.6 is 0 Å². The van der Waals surface area contributed by atoms with Crippen LogP contribution in [-0.2, 0) is 4.74 Å². The number of ether oxygens (including phenoxy) is 1. The second-order valence-corrected chi connectivity index (χ2v) is 4.65. The summed E-state index contributed by atoms with van der Waals surface area (Å²) >= 11 is 0. The van der Waals surface area contributed by atoms with Crippen LogP contribution in [0.2, 0.25) is 0 Å². The molecule has 0 amide bonds. The number of halogens is 1. The van der Waals surface area contributed by atoms with Crippen LogP contribution in [0.25, 0.3) is 11.3 Å². The van der Waals surface area contributed by atoms with Crippen molar-refractivity contribution >= 4 is 0 Å². The Morgan fingerprint density at radius 1 is 1.32 bits per heavy atom. The highest BCUT2D eigenvalue weighted by atomic mass is 19.1. The summed E-state index contributed by atoms with van der Waals surface area (Å²) in [4.78, 5) is 0. The smallest absolute Gasteiger partial charge is 0.165 e. The summed E-state index contributed by atoms with van der Waals surface area (Å²) in [5, 5.41) is 13.5. The minimum atomic E-state index is -0.630. The number of benzene rings is 1. The molecule has 19 heavy (non-hydrogen) atoms. The number of phenolic OH excluding ortho intramolecular Hbond substituents is 1. The second kappa shape index (κ2) is 5.01. The lowest BCUT2D eigenvalue weighted by Crippen LogP contribution is -2.19. The van der Waals surface area contributed by atoms with E-state index in [1.807, 2.05) is 6.07 Å². The first-order valence-electron chi connectivity index (χ1n) is 6.40. The number of aromatic nitrogens is 2. The van der Waals surface area contributed by atoms with E-state index in [-0.39, 0.29) is 12.0 Å². The van der Waals surface area contributed by atoms with Gasteiger partial charge in [-0.25, -0.2) is 9.07 Å². The summed E-state index contributed by atoms with van der Waals surface area (Å²) in [5.41, 5.74) is 1.48. The fourth-order valence-electron chi connectivity index (χ4n) is 2.36. The molecule has 3 rings (SSSR count). The van der Waals surface area contributed by atoms with Crippen molar-refractivity contribution in [2.45, 2.75) is 25.5 Å². The van der Waals surface area contributed by atoms with E-state index in [0.717, 1.165) is 31.6 Å². The molecular weight excluding hydrogens is 247 g/mol. The molecule has 1 aromatic carbocycles. The van der Waals surface area contributed by atoms with E-state index in [1.54, 1.807) is 16.9 Å². The van der Waals surface area contributed by atoms with Crippen LogP contribution in [0.1, 0.15) is 25.5 Å². The molecule has 1 saturated heterocycles. The van der Waals surface area contributed by atoms with Gasteiger partial charge >= 0.3 is 0 Å². The predicted molar refractivity (Wildman–Crippen MR) is 68.1 cm³/mol. The SMILES string of the molecule is Oc1ccc(-c2ccnn2C2CCCCO2)cc1F. The van der Waals surface area contributed by atoms with E-state index in [4.69, 9.17) is 4.74 Å². The Morgan fingerprint density at radius 2 is 2.21 bits per heavy atom. The quantitative estimate of drug-likeness (QED) is 0.904. The molecule has 100 valence electrons. The number of rotatable bonds is 2. The van der Waals surface area contributed by atoms with Crippen LogP contribution in [0, 0.1) is 5.82 Å². The van der Waals surface area contributed by atoms with E-state index >= 15 is 0 Å². The zero-order valence-corrected chi connectivity index (χ0v) is 10.4. The Kier molecular flexibility index (Phi) is 3.21. The van der Waals surface area contributed by atoms with E-state index in [9.17, 15) is 9.50 Å². The van der Waals surface area contributed by atoms with Crippen LogP contribution in [0.4, 0.5) is 4.39 Å². The molecule has 0 bridgehead atoms. The maximum absolute atomic E-state index is 13.4. The molecule has 1 N–H and O–H groups in total. The highest BCUT2D eigenvalue weighted by Crippen LogP contribution is 2.29. The lowest BCUT2D eigenvalue weighted by molar-refractivity contribution is -0.0383. The number of aromatic hydroxyl groups is 1. The van der Waals surface area contributed by atoms with Crippen molar-refractivity contribution in [1.82, 2.24) is 9.78 Å². The number of nitrogens with zero attached hydrogens (tertiary/aromatic N) is 2. The Bertz CT molecular complexity index is 577. The summed E-state index contributed by atoms with van der Waals surface area (Å²) in [7, 11) is 0. The van der Waals surface area contributed by atoms with E-state index in [2.05, 4.69) is 5.10 Å². The predicted octanol–water partition coefficient (Wildman–Crippen LogP) is 3.09. The fraction of sp³-hybridized carbons (Fsp3) is 0.357. The van der Waals surface area contributed by atoms with Gasteiger partial charge in [-0.2, -0.15) is 5.10 Å². The molecule has 2 heterocycles. The minimum absolute atomic E-state index is 0.0874. The lowest BCUT2D eigenvalue weighted by Gasteiger charge is -2.24. The van der Waals surface area contributed by atoms with Gasteiger partial charge in [-0.3, -0.25) is 0 Å². The second-order valence-electron chi connectivity index (χ2n) is 4.65. The fourth-order valence-corrected chi connectivity index (χ4v) is 2.36. The molecule has 1 unspecified atom stereocenters. The van der Waals surface area contributed by atoms with E-state index in [1.165, 1.54) is 12.1 Å². The number of hydrogen-bond donors (Lipinski definition) is 1. The van der Waals surface area contributed by atoms with Crippen molar-refractivity contribution in [3.63, 3.8) is 0 Å². The van der Waals surface area contributed by atoms with Crippen molar-refractivity contribution in [3.05, 3.63) is 36.3 Å². The molecule has 2 aromatic rings. The standard InChI is InChI=1S/C14H15FN2O2/c15-11-9-10(4-5-13(11)18)12-6-7-16-17(12)14-3-1-2-8-19-14/h4-7,9,14,18H,1-3,8H2. The normalized spacial score (nSPS) is 19.5. The van der Waals surface area contributed by atoms with Crippen LogP contribution in [0.15, 0.2) is 30.5 Å². The first-order chi connectivity index (χ1) is 9.25. The van der Waals surface area contributed by atoms with E-state index in [0.29, 0.717) is 5.56 Å². The number of phenols is 1. The summed E-state index contributed by atoms with van der Waals surface area (Å²) < 4.78 is 20.9. The molecule has 0 spiro atoms. The first kappa shape index (κ1) is 12.2. The van der Waals surface area contributed by atoms with Crippen molar-refractivity contribution in [1.29, 1.82) is 0 Å². The maximum atomic E-state index is 13.4. The van der Waals surface area contributed by atoms with Crippen molar-refractivity contribution in [2.75, 3.05) is 6.61 Å². The van der Waals surface area contributed by atoms with Gasteiger partial charge in [0, 0.05) is 18.4 Å². The Balaban J connectivity index is 1.96. The molecule has 1 atom stereocenters. The molecule has 1 aliphatic heterocycles. The van der Waals surface area contributed by atoms with Crippen LogP contribution in [-0.4, -0.2) is 21.5 Å². The number of hydrogen-bond acceptors (Lipinski definition) is 3. The summed E-state index contributed by atoms with van der Waals surface area (Å²) in [5.74, 6) is -0.974. The lowest BCUT2D eigenvalue weighted by atomic mass is 10.1. The van der Waals surface area contributed by atoms with Gasteiger partial charge < -0.3 is 9.84 Å². The van der Waals surface area contributed by atoms with Gasteiger partial charge in [0.25, 0.3) is 0 Å². The molecule has 5 heteroatoms. The molecule has 0 aliphatic carbocycles. The Hall–Kier alpha value is -1.88. The van der Waals surface area contributed by atoms with Gasteiger partial charge in [-0.05, 0) is 43.5 Å². The third-order valence-electron chi connectivity index (χ3n) is 3.34. The van der Waals surface area contributed by atoms with Crippen molar-refractivity contribution in [2.24, 2.45) is 0 Å². The van der Waals surface area contributed by atoms with Gasteiger partial charge in [0.05, 0.1) is 5.69 Å². The highest BCUT2D eigenvalue weighted by molar-refractivity contribution is 5.60. The van der Waals surface area contributed by atoms with Crippen LogP contribution < -0.4 is 0 Å². The molecule has 1 aromatic heterocycles. The van der Waals surface area contributed by atoms with Crippen LogP contribution in [0.3, 0.4) is 0 Å². The monoisotopic (exact) mass is 262 g/mol. The molecule has 1 fully saturated rings. The Morgan fingerprint density at radius 3 is 2.95 bits per heavy atom. The van der Waals surface area contributed by atoms with Gasteiger partial charge in [0.1, 0.15) is 0 Å². The molecule has 0 radical (unpaired) electrons. The Labute approximate surface area is 110 Å². The van der Waals surface area contributed by atoms with Crippen LogP contribution in [0.5, 0.6) is 5.75 Å². The van der Waals surface area contributed by atoms with Crippen molar-refractivity contribution in [3.8, 4) is 17.0 Å². The first-order valence-corrected chi connectivity index (χ1v) is 6.40. The minimum Gasteiger partial charge on any atom is -0.505 e. The average Bonchev–Trinajstić information content (AvgIpc) is 2.92. The zero-order valence-electron chi connectivity index (χ0n) is 10.4. The summed E-state index contributed by atoms with van der Waals surface area (Å²) in [6, 6.07) is 6.16. The van der Waals surface area contributed by atoms with Gasteiger partial charge in [0.2, 0.25) is 0 Å². The van der Waals surface area contributed by atoms with Gasteiger partial charge in [0.15, 0.2) is 17.8 Å².